The Morgan fingerprint density at radius 3 is 2.29 bits per heavy atom. The SMILES string of the molecule is COC(=O)CN(C(=O)CN1C(=O)NC(C)(C)C1=O)C(C)C. The van der Waals surface area contributed by atoms with Crippen molar-refractivity contribution in [2.75, 3.05) is 20.2 Å². The molecule has 0 saturated carbocycles. The maximum absolute atomic E-state index is 12.2. The monoisotopic (exact) mass is 299 g/mol. The lowest BCUT2D eigenvalue weighted by Crippen LogP contribution is -2.48. The number of hydrogen-bond acceptors (Lipinski definition) is 5. The summed E-state index contributed by atoms with van der Waals surface area (Å²) in [7, 11) is 1.23. The highest BCUT2D eigenvalue weighted by Gasteiger charge is 2.45. The Morgan fingerprint density at radius 2 is 1.90 bits per heavy atom. The number of hydrogen-bond donors (Lipinski definition) is 1. The van der Waals surface area contributed by atoms with Gasteiger partial charge in [0.25, 0.3) is 5.91 Å². The summed E-state index contributed by atoms with van der Waals surface area (Å²) in [5, 5.41) is 2.49. The van der Waals surface area contributed by atoms with Crippen LogP contribution in [0.3, 0.4) is 0 Å². The molecule has 1 N–H and O–H groups in total. The fourth-order valence-corrected chi connectivity index (χ4v) is 1.95. The van der Waals surface area contributed by atoms with Crippen LogP contribution in [0.1, 0.15) is 27.7 Å². The number of nitrogens with zero attached hydrogens (tertiary/aromatic N) is 2. The molecule has 1 saturated heterocycles. The van der Waals surface area contributed by atoms with Crippen molar-refractivity contribution in [1.82, 2.24) is 15.1 Å². The van der Waals surface area contributed by atoms with Gasteiger partial charge in [0.1, 0.15) is 18.6 Å². The lowest BCUT2D eigenvalue weighted by Gasteiger charge is -2.27. The molecule has 1 heterocycles. The predicted octanol–water partition coefficient (Wildman–Crippen LogP) is -0.273. The summed E-state index contributed by atoms with van der Waals surface area (Å²) in [5.41, 5.74) is -1.03. The Kier molecular flexibility index (Phi) is 4.93. The minimum atomic E-state index is -1.03. The normalized spacial score (nSPS) is 17.0. The molecule has 0 spiro atoms. The maximum Gasteiger partial charge on any atom is 0.325 e. The lowest BCUT2D eigenvalue weighted by atomic mass is 10.1. The number of carbonyl (C=O) groups is 4. The van der Waals surface area contributed by atoms with Crippen molar-refractivity contribution < 1.29 is 23.9 Å². The van der Waals surface area contributed by atoms with Crippen molar-refractivity contribution in [3.63, 3.8) is 0 Å². The summed E-state index contributed by atoms with van der Waals surface area (Å²) in [4.78, 5) is 49.4. The number of ether oxygens (including phenoxy) is 1. The van der Waals surface area contributed by atoms with E-state index in [2.05, 4.69) is 10.1 Å². The maximum atomic E-state index is 12.2. The van der Waals surface area contributed by atoms with Crippen LogP contribution in [-0.2, 0) is 19.1 Å². The smallest absolute Gasteiger partial charge is 0.325 e. The number of imide groups is 1. The van der Waals surface area contributed by atoms with E-state index in [9.17, 15) is 19.2 Å². The molecule has 0 unspecified atom stereocenters. The van der Waals surface area contributed by atoms with E-state index in [4.69, 9.17) is 0 Å². The van der Waals surface area contributed by atoms with Gasteiger partial charge >= 0.3 is 12.0 Å². The molecule has 8 heteroatoms. The van der Waals surface area contributed by atoms with Crippen LogP contribution >= 0.6 is 0 Å². The summed E-state index contributed by atoms with van der Waals surface area (Å²) < 4.78 is 4.53. The Labute approximate surface area is 123 Å². The van der Waals surface area contributed by atoms with E-state index in [0.717, 1.165) is 4.90 Å². The summed E-state index contributed by atoms with van der Waals surface area (Å²) in [5.74, 6) is -1.52. The van der Waals surface area contributed by atoms with Crippen molar-refractivity contribution in [3.05, 3.63) is 0 Å². The molecule has 0 aromatic rings. The Hall–Kier alpha value is -2.12. The highest BCUT2D eigenvalue weighted by atomic mass is 16.5. The molecule has 118 valence electrons. The van der Waals surface area contributed by atoms with Crippen LogP contribution in [0.15, 0.2) is 0 Å². The second-order valence-electron chi connectivity index (χ2n) is 5.64. The summed E-state index contributed by atoms with van der Waals surface area (Å²) in [6.45, 7) is 5.97. The second kappa shape index (κ2) is 6.11. The van der Waals surface area contributed by atoms with Gasteiger partial charge in [-0.15, -0.1) is 0 Å². The molecule has 0 aliphatic carbocycles. The van der Waals surface area contributed by atoms with Gasteiger partial charge in [0.05, 0.1) is 7.11 Å². The zero-order chi connectivity index (χ0) is 16.4. The quantitative estimate of drug-likeness (QED) is 0.557. The Morgan fingerprint density at radius 1 is 1.33 bits per heavy atom. The minimum absolute atomic E-state index is 0.222. The zero-order valence-corrected chi connectivity index (χ0v) is 12.9. The van der Waals surface area contributed by atoms with E-state index in [1.807, 2.05) is 0 Å². The number of urea groups is 1. The molecule has 1 rings (SSSR count). The topological polar surface area (TPSA) is 96.0 Å². The third kappa shape index (κ3) is 3.71. The van der Waals surface area contributed by atoms with Crippen LogP contribution in [0.4, 0.5) is 4.79 Å². The lowest BCUT2D eigenvalue weighted by molar-refractivity contribution is -0.149. The van der Waals surface area contributed by atoms with Gasteiger partial charge in [0, 0.05) is 6.04 Å². The summed E-state index contributed by atoms with van der Waals surface area (Å²) in [6, 6.07) is -0.870. The van der Waals surface area contributed by atoms with E-state index in [1.54, 1.807) is 27.7 Å². The van der Waals surface area contributed by atoms with Gasteiger partial charge in [-0.05, 0) is 27.7 Å². The molecular formula is C13H21N3O5. The van der Waals surface area contributed by atoms with Crippen molar-refractivity contribution in [2.24, 2.45) is 0 Å². The average Bonchev–Trinajstić information content (AvgIpc) is 2.57. The minimum Gasteiger partial charge on any atom is -0.468 e. The van der Waals surface area contributed by atoms with Gasteiger partial charge in [-0.25, -0.2) is 4.79 Å². The molecule has 1 aliphatic rings. The molecule has 21 heavy (non-hydrogen) atoms. The van der Waals surface area contributed by atoms with Gasteiger partial charge in [-0.2, -0.15) is 0 Å². The third-order valence-corrected chi connectivity index (χ3v) is 3.21. The van der Waals surface area contributed by atoms with Crippen LogP contribution in [-0.4, -0.2) is 65.4 Å². The van der Waals surface area contributed by atoms with E-state index in [1.165, 1.54) is 12.0 Å². The van der Waals surface area contributed by atoms with E-state index >= 15 is 0 Å². The summed E-state index contributed by atoms with van der Waals surface area (Å²) >= 11 is 0. The van der Waals surface area contributed by atoms with E-state index < -0.39 is 35.9 Å². The van der Waals surface area contributed by atoms with Crippen molar-refractivity contribution in [2.45, 2.75) is 39.3 Å². The predicted molar refractivity (Wildman–Crippen MR) is 73.2 cm³/mol. The molecule has 8 nitrogen and oxygen atoms in total. The first-order valence-electron chi connectivity index (χ1n) is 6.60. The van der Waals surface area contributed by atoms with Crippen LogP contribution in [0, 0.1) is 0 Å². The number of nitrogens with one attached hydrogen (secondary N) is 1. The van der Waals surface area contributed by atoms with Crippen LogP contribution < -0.4 is 5.32 Å². The van der Waals surface area contributed by atoms with Gasteiger partial charge in [0.2, 0.25) is 5.91 Å². The number of rotatable bonds is 5. The van der Waals surface area contributed by atoms with Crippen LogP contribution in [0.5, 0.6) is 0 Å². The van der Waals surface area contributed by atoms with Crippen molar-refractivity contribution in [1.29, 1.82) is 0 Å². The van der Waals surface area contributed by atoms with Crippen LogP contribution in [0.25, 0.3) is 0 Å². The van der Waals surface area contributed by atoms with Gasteiger partial charge in [-0.3, -0.25) is 19.3 Å². The zero-order valence-electron chi connectivity index (χ0n) is 12.9. The third-order valence-electron chi connectivity index (χ3n) is 3.21. The summed E-state index contributed by atoms with van der Waals surface area (Å²) in [6.07, 6.45) is 0. The number of methoxy groups -OCH3 is 1. The van der Waals surface area contributed by atoms with Gasteiger partial charge in [-0.1, -0.05) is 0 Å². The molecule has 0 aromatic carbocycles. The first-order chi connectivity index (χ1) is 9.60. The molecular weight excluding hydrogens is 278 g/mol. The first-order valence-corrected chi connectivity index (χ1v) is 6.60. The molecule has 1 aliphatic heterocycles. The molecule has 4 amide bonds. The Balaban J connectivity index is 2.81. The fourth-order valence-electron chi connectivity index (χ4n) is 1.95. The Bertz CT molecular complexity index is 472. The molecule has 0 atom stereocenters. The van der Waals surface area contributed by atoms with Gasteiger partial charge in [0.15, 0.2) is 0 Å². The molecule has 0 radical (unpaired) electrons. The van der Waals surface area contributed by atoms with Crippen molar-refractivity contribution >= 4 is 23.8 Å². The van der Waals surface area contributed by atoms with Crippen molar-refractivity contribution in [3.8, 4) is 0 Å². The molecule has 0 aromatic heterocycles. The first kappa shape index (κ1) is 16.9. The highest BCUT2D eigenvalue weighted by Crippen LogP contribution is 2.16. The molecule has 0 bridgehead atoms. The highest BCUT2D eigenvalue weighted by molar-refractivity contribution is 6.08. The standard InChI is InChI=1S/C13H21N3O5/c1-8(2)15(7-10(18)21-5)9(17)6-16-11(19)13(3,4)14-12(16)20/h8H,6-7H2,1-5H3,(H,14,20). The number of esters is 1. The van der Waals surface area contributed by atoms with E-state index in [0.29, 0.717) is 0 Å². The number of amides is 4. The molecule has 1 fully saturated rings. The number of carbonyl (C=O) groups excluding carboxylic acids is 4. The van der Waals surface area contributed by atoms with Crippen LogP contribution in [0.2, 0.25) is 0 Å². The second-order valence-corrected chi connectivity index (χ2v) is 5.64. The van der Waals surface area contributed by atoms with Gasteiger partial charge < -0.3 is 15.0 Å². The fraction of sp³-hybridized carbons (Fsp3) is 0.692. The van der Waals surface area contributed by atoms with E-state index in [-0.39, 0.29) is 12.6 Å². The average molecular weight is 299 g/mol. The largest absolute Gasteiger partial charge is 0.468 e.